The Kier molecular flexibility index (Phi) is 6.68. The van der Waals surface area contributed by atoms with E-state index in [1.54, 1.807) is 25.1 Å². The molecule has 1 fully saturated rings. The van der Waals surface area contributed by atoms with Gasteiger partial charge in [-0.2, -0.15) is 5.26 Å². The molecule has 174 valence electrons. The van der Waals surface area contributed by atoms with Crippen molar-refractivity contribution in [3.8, 4) is 11.8 Å². The highest BCUT2D eigenvalue weighted by atomic mass is 32.2. The molecule has 7 nitrogen and oxygen atoms in total. The second kappa shape index (κ2) is 9.67. The molecule has 0 heterocycles. The molecule has 3 aromatic carbocycles. The molecule has 4 rings (SSSR count). The molecule has 1 amide bonds. The van der Waals surface area contributed by atoms with Gasteiger partial charge in [0.2, 0.25) is 10.0 Å². The first-order chi connectivity index (χ1) is 16.3. The Hall–Kier alpha value is -3.67. The molecule has 1 aliphatic carbocycles. The van der Waals surface area contributed by atoms with E-state index in [2.05, 4.69) is 16.1 Å². The number of nitrogens with zero attached hydrogens (tertiary/aromatic N) is 1. The Morgan fingerprint density at radius 2 is 1.76 bits per heavy atom. The summed E-state index contributed by atoms with van der Waals surface area (Å²) in [4.78, 5) is 12.4. The zero-order valence-electron chi connectivity index (χ0n) is 18.7. The molecule has 34 heavy (non-hydrogen) atoms. The average Bonchev–Trinajstić information content (AvgIpc) is 3.64. The fourth-order valence-corrected chi connectivity index (χ4v) is 4.71. The van der Waals surface area contributed by atoms with Crippen molar-refractivity contribution in [3.05, 3.63) is 89.5 Å². The normalized spacial score (nSPS) is 14.1. The molecule has 0 aromatic heterocycles. The molecule has 1 saturated carbocycles. The summed E-state index contributed by atoms with van der Waals surface area (Å²) < 4.78 is 33.4. The first-order valence-corrected chi connectivity index (χ1v) is 12.4. The van der Waals surface area contributed by atoms with Gasteiger partial charge in [-0.25, -0.2) is 13.1 Å². The van der Waals surface area contributed by atoms with Crippen LogP contribution in [0.4, 0.5) is 5.69 Å². The minimum absolute atomic E-state index is 0.128. The lowest BCUT2D eigenvalue weighted by atomic mass is 9.98. The zero-order valence-corrected chi connectivity index (χ0v) is 19.6. The summed E-state index contributed by atoms with van der Waals surface area (Å²) in [5, 5.41) is 12.1. The number of carbonyl (C=O) groups is 1. The molecular weight excluding hydrogens is 450 g/mol. The lowest BCUT2D eigenvalue weighted by Gasteiger charge is -2.12. The largest absolute Gasteiger partial charge is 0.483 e. The number of rotatable bonds is 9. The lowest BCUT2D eigenvalue weighted by Crippen LogP contribution is -2.23. The Balaban J connectivity index is 1.32. The molecule has 0 bridgehead atoms. The van der Waals surface area contributed by atoms with Gasteiger partial charge in [0.05, 0.1) is 16.4 Å². The summed E-state index contributed by atoms with van der Waals surface area (Å²) in [7, 11) is -3.69. The van der Waals surface area contributed by atoms with Gasteiger partial charge >= 0.3 is 0 Å². The quantitative estimate of drug-likeness (QED) is 0.485. The van der Waals surface area contributed by atoms with Crippen LogP contribution in [-0.4, -0.2) is 20.9 Å². The van der Waals surface area contributed by atoms with Gasteiger partial charge in [0.25, 0.3) is 5.91 Å². The van der Waals surface area contributed by atoms with Crippen molar-refractivity contribution in [1.82, 2.24) is 4.72 Å². The number of sulfonamides is 1. The molecule has 3 aromatic rings. The van der Waals surface area contributed by atoms with Crippen LogP contribution in [0.2, 0.25) is 0 Å². The number of amides is 1. The molecule has 0 unspecified atom stereocenters. The van der Waals surface area contributed by atoms with Crippen LogP contribution in [0.25, 0.3) is 0 Å². The van der Waals surface area contributed by atoms with Crippen LogP contribution in [0.5, 0.6) is 5.75 Å². The van der Waals surface area contributed by atoms with E-state index >= 15 is 0 Å². The molecule has 0 aliphatic heterocycles. The first-order valence-electron chi connectivity index (χ1n) is 10.9. The van der Waals surface area contributed by atoms with Gasteiger partial charge in [-0.1, -0.05) is 42.5 Å². The van der Waals surface area contributed by atoms with Gasteiger partial charge in [-0.05, 0) is 66.8 Å². The van der Waals surface area contributed by atoms with Gasteiger partial charge in [0.15, 0.2) is 6.61 Å². The predicted molar refractivity (Wildman–Crippen MR) is 129 cm³/mol. The number of hydrogen-bond donors (Lipinski definition) is 2. The molecule has 1 aliphatic rings. The van der Waals surface area contributed by atoms with E-state index in [0.717, 1.165) is 24.0 Å². The number of carbonyl (C=O) groups excluding carboxylic acids is 1. The minimum Gasteiger partial charge on any atom is -0.483 e. The van der Waals surface area contributed by atoms with E-state index in [1.807, 2.05) is 42.5 Å². The van der Waals surface area contributed by atoms with Gasteiger partial charge in [0, 0.05) is 12.2 Å². The van der Waals surface area contributed by atoms with Crippen LogP contribution in [0, 0.1) is 18.3 Å². The van der Waals surface area contributed by atoms with Crippen molar-refractivity contribution >= 4 is 21.6 Å². The van der Waals surface area contributed by atoms with Crippen LogP contribution in [-0.2, 0) is 26.8 Å². The van der Waals surface area contributed by atoms with E-state index in [-0.39, 0.29) is 29.4 Å². The monoisotopic (exact) mass is 475 g/mol. The highest BCUT2D eigenvalue weighted by molar-refractivity contribution is 7.89. The third-order valence-electron chi connectivity index (χ3n) is 5.81. The topological polar surface area (TPSA) is 108 Å². The van der Waals surface area contributed by atoms with Gasteiger partial charge in [-0.15, -0.1) is 0 Å². The summed E-state index contributed by atoms with van der Waals surface area (Å²) in [6.45, 7) is 1.70. The second-order valence-corrected chi connectivity index (χ2v) is 10.1. The number of anilines is 1. The fourth-order valence-electron chi connectivity index (χ4n) is 3.61. The van der Waals surface area contributed by atoms with E-state index in [1.165, 1.54) is 12.1 Å². The van der Waals surface area contributed by atoms with Crippen LogP contribution in [0.3, 0.4) is 0 Å². The maximum atomic E-state index is 12.6. The Morgan fingerprint density at radius 1 is 1.06 bits per heavy atom. The highest BCUT2D eigenvalue weighted by Crippen LogP contribution is 2.47. The van der Waals surface area contributed by atoms with Crippen molar-refractivity contribution in [2.45, 2.75) is 36.6 Å². The minimum atomic E-state index is -3.69. The van der Waals surface area contributed by atoms with Crippen molar-refractivity contribution in [2.24, 2.45) is 0 Å². The number of hydrogen-bond acceptors (Lipinski definition) is 5. The van der Waals surface area contributed by atoms with Crippen LogP contribution in [0.15, 0.2) is 77.7 Å². The average molecular weight is 476 g/mol. The molecule has 0 spiro atoms. The van der Waals surface area contributed by atoms with E-state index in [9.17, 15) is 18.5 Å². The van der Waals surface area contributed by atoms with Crippen LogP contribution < -0.4 is 14.8 Å². The predicted octanol–water partition coefficient (Wildman–Crippen LogP) is 4.05. The molecular formula is C26H25N3O4S. The van der Waals surface area contributed by atoms with E-state index in [4.69, 9.17) is 4.74 Å². The standard InChI is InChI=1S/C26H25N3O4S/c1-19-15-23(34(31,32)28-16-20-5-3-2-4-6-20)11-12-24(19)33-17-25(30)29-22-9-7-21(8-10-22)26(18-27)13-14-26/h2-12,15,28H,13-14,16-17H2,1H3,(H,29,30). The molecule has 0 saturated heterocycles. The number of nitriles is 1. The summed E-state index contributed by atoms with van der Waals surface area (Å²) in [5.41, 5.74) is 2.69. The summed E-state index contributed by atoms with van der Waals surface area (Å²) in [6.07, 6.45) is 1.73. The Labute approximate surface area is 199 Å². The van der Waals surface area contributed by atoms with E-state index in [0.29, 0.717) is 17.0 Å². The van der Waals surface area contributed by atoms with Crippen molar-refractivity contribution in [2.75, 3.05) is 11.9 Å². The second-order valence-electron chi connectivity index (χ2n) is 8.35. The highest BCUT2D eigenvalue weighted by Gasteiger charge is 2.44. The zero-order chi connectivity index (χ0) is 24.2. The maximum Gasteiger partial charge on any atom is 0.262 e. The van der Waals surface area contributed by atoms with Crippen LogP contribution in [0.1, 0.15) is 29.5 Å². The molecule has 0 radical (unpaired) electrons. The maximum absolute atomic E-state index is 12.6. The number of aryl methyl sites for hydroxylation is 1. The van der Waals surface area contributed by atoms with Crippen molar-refractivity contribution in [1.29, 1.82) is 5.26 Å². The number of benzene rings is 3. The Morgan fingerprint density at radius 3 is 2.38 bits per heavy atom. The number of nitrogens with one attached hydrogen (secondary N) is 2. The SMILES string of the molecule is Cc1cc(S(=O)(=O)NCc2ccccc2)ccc1OCC(=O)Nc1ccc(C2(C#N)CC2)cc1. The van der Waals surface area contributed by atoms with E-state index < -0.39 is 10.0 Å². The summed E-state index contributed by atoms with van der Waals surface area (Å²) in [5.74, 6) is 0.0898. The van der Waals surface area contributed by atoms with Crippen molar-refractivity contribution in [3.63, 3.8) is 0 Å². The molecule has 0 atom stereocenters. The van der Waals surface area contributed by atoms with Gasteiger partial charge in [0.1, 0.15) is 5.75 Å². The van der Waals surface area contributed by atoms with Crippen molar-refractivity contribution < 1.29 is 17.9 Å². The molecule has 2 N–H and O–H groups in total. The van der Waals surface area contributed by atoms with Crippen LogP contribution >= 0.6 is 0 Å². The van der Waals surface area contributed by atoms with Gasteiger partial charge in [-0.3, -0.25) is 4.79 Å². The summed E-state index contributed by atoms with van der Waals surface area (Å²) in [6, 6.07) is 23.4. The van der Waals surface area contributed by atoms with Gasteiger partial charge < -0.3 is 10.1 Å². The number of ether oxygens (including phenoxy) is 1. The summed E-state index contributed by atoms with van der Waals surface area (Å²) >= 11 is 0. The smallest absolute Gasteiger partial charge is 0.262 e. The Bertz CT molecular complexity index is 1330. The first kappa shape index (κ1) is 23.5. The third kappa shape index (κ3) is 5.45. The lowest BCUT2D eigenvalue weighted by molar-refractivity contribution is -0.118. The molecule has 8 heteroatoms. The third-order valence-corrected chi connectivity index (χ3v) is 7.21. The fraction of sp³-hybridized carbons (Fsp3) is 0.231.